The lowest BCUT2D eigenvalue weighted by molar-refractivity contribution is 0.0600. The Labute approximate surface area is 125 Å². The summed E-state index contributed by atoms with van der Waals surface area (Å²) in [4.78, 5) is 11.3. The minimum atomic E-state index is -3.39. The first-order chi connectivity index (χ1) is 9.95. The first-order valence-corrected chi connectivity index (χ1v) is 8.23. The van der Waals surface area contributed by atoms with Crippen molar-refractivity contribution in [3.63, 3.8) is 0 Å². The summed E-state index contributed by atoms with van der Waals surface area (Å²) in [5.41, 5.74) is 1.28. The lowest BCUT2D eigenvalue weighted by Crippen LogP contribution is -2.39. The smallest absolute Gasteiger partial charge is 0.337 e. The Balaban J connectivity index is 2.05. The highest BCUT2D eigenvalue weighted by atomic mass is 32.2. The van der Waals surface area contributed by atoms with Crippen LogP contribution in [0.3, 0.4) is 0 Å². The van der Waals surface area contributed by atoms with Gasteiger partial charge in [-0.3, -0.25) is 0 Å². The molecule has 0 saturated carbocycles. The van der Waals surface area contributed by atoms with Gasteiger partial charge in [-0.2, -0.15) is 17.0 Å². The molecule has 2 rings (SSSR count). The van der Waals surface area contributed by atoms with Crippen molar-refractivity contribution < 1.29 is 17.9 Å². The van der Waals surface area contributed by atoms with Gasteiger partial charge in [0.1, 0.15) is 0 Å². The molecule has 6 nitrogen and oxygen atoms in total. The van der Waals surface area contributed by atoms with Crippen LogP contribution in [0.1, 0.15) is 28.8 Å². The van der Waals surface area contributed by atoms with Gasteiger partial charge >= 0.3 is 5.97 Å². The molecule has 1 heterocycles. The van der Waals surface area contributed by atoms with Crippen molar-refractivity contribution in [2.75, 3.05) is 27.2 Å². The Hall–Kier alpha value is -1.44. The zero-order valence-electron chi connectivity index (χ0n) is 12.3. The molecule has 0 aliphatic carbocycles. The topological polar surface area (TPSA) is 66.9 Å². The summed E-state index contributed by atoms with van der Waals surface area (Å²) >= 11 is 0. The van der Waals surface area contributed by atoms with Gasteiger partial charge in [0.2, 0.25) is 0 Å². The zero-order chi connectivity index (χ0) is 15.5. The van der Waals surface area contributed by atoms with Gasteiger partial charge in [0, 0.05) is 26.7 Å². The van der Waals surface area contributed by atoms with Crippen LogP contribution in [0, 0.1) is 0 Å². The van der Waals surface area contributed by atoms with E-state index in [2.05, 4.69) is 4.74 Å². The number of carbonyl (C=O) groups is 1. The molecule has 7 heteroatoms. The van der Waals surface area contributed by atoms with Crippen LogP contribution in [0.5, 0.6) is 0 Å². The molecule has 0 atom stereocenters. The lowest BCUT2D eigenvalue weighted by atomic mass is 10.1. The van der Waals surface area contributed by atoms with Crippen LogP contribution in [0.4, 0.5) is 0 Å². The van der Waals surface area contributed by atoms with Gasteiger partial charge in [0.25, 0.3) is 10.2 Å². The maximum absolute atomic E-state index is 12.3. The van der Waals surface area contributed by atoms with Crippen LogP contribution in [-0.2, 0) is 21.5 Å². The van der Waals surface area contributed by atoms with Gasteiger partial charge in [-0.1, -0.05) is 12.1 Å². The number of esters is 1. The highest BCUT2D eigenvalue weighted by Crippen LogP contribution is 2.17. The largest absolute Gasteiger partial charge is 0.465 e. The van der Waals surface area contributed by atoms with E-state index in [0.29, 0.717) is 18.7 Å². The molecule has 1 aromatic rings. The van der Waals surface area contributed by atoms with E-state index >= 15 is 0 Å². The third-order valence-corrected chi connectivity index (χ3v) is 5.50. The quantitative estimate of drug-likeness (QED) is 0.767. The molecule has 1 aromatic carbocycles. The van der Waals surface area contributed by atoms with E-state index in [0.717, 1.165) is 18.4 Å². The van der Waals surface area contributed by atoms with Crippen molar-refractivity contribution in [3.8, 4) is 0 Å². The Bertz CT molecular complexity index is 592. The van der Waals surface area contributed by atoms with Crippen molar-refractivity contribution in [3.05, 3.63) is 35.4 Å². The molecule has 116 valence electrons. The maximum atomic E-state index is 12.3. The molecule has 0 bridgehead atoms. The molecule has 0 spiro atoms. The predicted octanol–water partition coefficient (Wildman–Crippen LogP) is 1.25. The Morgan fingerprint density at radius 3 is 2.33 bits per heavy atom. The fourth-order valence-corrected chi connectivity index (χ4v) is 3.74. The van der Waals surface area contributed by atoms with Crippen LogP contribution < -0.4 is 0 Å². The van der Waals surface area contributed by atoms with E-state index in [9.17, 15) is 13.2 Å². The van der Waals surface area contributed by atoms with E-state index in [1.807, 2.05) is 0 Å². The second-order valence-corrected chi connectivity index (χ2v) is 7.09. The normalized spacial score (nSPS) is 16.3. The summed E-state index contributed by atoms with van der Waals surface area (Å²) in [5.74, 6) is -0.403. The van der Waals surface area contributed by atoms with Crippen molar-refractivity contribution in [1.82, 2.24) is 8.61 Å². The third-order valence-electron chi connectivity index (χ3n) is 3.57. The molecular weight excluding hydrogens is 292 g/mol. The number of nitrogens with zero attached hydrogens (tertiary/aromatic N) is 2. The molecule has 1 aliphatic heterocycles. The van der Waals surface area contributed by atoms with Gasteiger partial charge in [-0.25, -0.2) is 4.79 Å². The maximum Gasteiger partial charge on any atom is 0.337 e. The highest BCUT2D eigenvalue weighted by Gasteiger charge is 2.29. The average molecular weight is 312 g/mol. The fourth-order valence-electron chi connectivity index (χ4n) is 2.32. The number of benzene rings is 1. The average Bonchev–Trinajstić information content (AvgIpc) is 3.02. The summed E-state index contributed by atoms with van der Waals surface area (Å²) in [6.07, 6.45) is 1.84. The minimum Gasteiger partial charge on any atom is -0.465 e. The zero-order valence-corrected chi connectivity index (χ0v) is 13.1. The number of rotatable bonds is 5. The summed E-state index contributed by atoms with van der Waals surface area (Å²) in [6.45, 7) is 1.46. The highest BCUT2D eigenvalue weighted by molar-refractivity contribution is 7.86. The molecule has 1 fully saturated rings. The molecular formula is C14H20N2O4S. The summed E-state index contributed by atoms with van der Waals surface area (Å²) < 4.78 is 32.1. The van der Waals surface area contributed by atoms with Crippen molar-refractivity contribution in [1.29, 1.82) is 0 Å². The molecule has 1 saturated heterocycles. The molecule has 0 radical (unpaired) electrons. The van der Waals surface area contributed by atoms with Crippen LogP contribution in [0.2, 0.25) is 0 Å². The first-order valence-electron chi connectivity index (χ1n) is 6.84. The minimum absolute atomic E-state index is 0.278. The number of methoxy groups -OCH3 is 1. The van der Waals surface area contributed by atoms with E-state index in [4.69, 9.17) is 0 Å². The molecule has 1 aliphatic rings. The Kier molecular flexibility index (Phi) is 4.97. The van der Waals surface area contributed by atoms with Crippen molar-refractivity contribution in [2.45, 2.75) is 19.4 Å². The SMILES string of the molecule is COC(=O)c1ccc(CN(C)S(=O)(=O)N2CCCC2)cc1. The van der Waals surface area contributed by atoms with Crippen molar-refractivity contribution >= 4 is 16.2 Å². The van der Waals surface area contributed by atoms with Crippen LogP contribution >= 0.6 is 0 Å². The first kappa shape index (κ1) is 15.9. The summed E-state index contributed by atoms with van der Waals surface area (Å²) in [6, 6.07) is 6.75. The molecule has 0 N–H and O–H groups in total. The molecule has 0 unspecified atom stereocenters. The number of hydrogen-bond donors (Lipinski definition) is 0. The number of ether oxygens (including phenoxy) is 1. The number of hydrogen-bond acceptors (Lipinski definition) is 4. The van der Waals surface area contributed by atoms with E-state index < -0.39 is 16.2 Å². The summed E-state index contributed by atoms with van der Waals surface area (Å²) in [5, 5.41) is 0. The van der Waals surface area contributed by atoms with Crippen LogP contribution in [0.25, 0.3) is 0 Å². The summed E-state index contributed by atoms with van der Waals surface area (Å²) in [7, 11) is -0.496. The van der Waals surface area contributed by atoms with Gasteiger partial charge in [-0.15, -0.1) is 0 Å². The Morgan fingerprint density at radius 2 is 1.81 bits per heavy atom. The van der Waals surface area contributed by atoms with Gasteiger partial charge < -0.3 is 4.74 Å². The molecule has 0 amide bonds. The monoisotopic (exact) mass is 312 g/mol. The van der Waals surface area contributed by atoms with E-state index in [-0.39, 0.29) is 6.54 Å². The third kappa shape index (κ3) is 3.61. The fraction of sp³-hybridized carbons (Fsp3) is 0.500. The van der Waals surface area contributed by atoms with Gasteiger partial charge in [-0.05, 0) is 30.5 Å². The Morgan fingerprint density at radius 1 is 1.24 bits per heavy atom. The lowest BCUT2D eigenvalue weighted by Gasteiger charge is -2.23. The predicted molar refractivity (Wildman–Crippen MR) is 79.0 cm³/mol. The second-order valence-electron chi connectivity index (χ2n) is 5.06. The molecule has 0 aromatic heterocycles. The standard InChI is InChI=1S/C14H20N2O4S/c1-15(21(18,19)16-9-3-4-10-16)11-12-5-7-13(8-6-12)14(17)20-2/h5-8H,3-4,9-11H2,1-2H3. The van der Waals surface area contributed by atoms with Gasteiger partial charge in [0.15, 0.2) is 0 Å². The van der Waals surface area contributed by atoms with Gasteiger partial charge in [0.05, 0.1) is 12.7 Å². The van der Waals surface area contributed by atoms with Crippen molar-refractivity contribution in [2.24, 2.45) is 0 Å². The second kappa shape index (κ2) is 6.55. The molecule has 21 heavy (non-hydrogen) atoms. The van der Waals surface area contributed by atoms with Crippen LogP contribution in [-0.4, -0.2) is 50.2 Å². The van der Waals surface area contributed by atoms with Crippen LogP contribution in [0.15, 0.2) is 24.3 Å². The van der Waals surface area contributed by atoms with E-state index in [1.54, 1.807) is 31.3 Å². The van der Waals surface area contributed by atoms with E-state index in [1.165, 1.54) is 15.7 Å². The number of carbonyl (C=O) groups excluding carboxylic acids is 1.